The first kappa shape index (κ1) is 25.5. The predicted molar refractivity (Wildman–Crippen MR) is 142 cm³/mol. The van der Waals surface area contributed by atoms with Gasteiger partial charge in [0.2, 0.25) is 0 Å². The second-order valence-corrected chi connectivity index (χ2v) is 9.45. The highest BCUT2D eigenvalue weighted by Crippen LogP contribution is 2.32. The monoisotopic (exact) mass is 485 g/mol. The smallest absolute Gasteiger partial charge is 0.303 e. The number of benzene rings is 3. The fraction of sp³-hybridized carbons (Fsp3) is 0.355. The van der Waals surface area contributed by atoms with Gasteiger partial charge in [-0.05, 0) is 73.4 Å². The molecule has 0 radical (unpaired) electrons. The lowest BCUT2D eigenvalue weighted by Crippen LogP contribution is -2.32. The lowest BCUT2D eigenvalue weighted by atomic mass is 10.0. The molecular formula is C31H35NO4. The van der Waals surface area contributed by atoms with Crippen LogP contribution in [-0.2, 0) is 17.8 Å². The standard InChI is InChI=1S/C31H35NO4/c1-2-23-11-13-24(14-12-23)25-15-17-26(18-16-25)31(35)32(28-19-20-28)22-27-8-5-6-9-29(27)36-21-7-3-4-10-30(33)34/h5-6,8-9,11-18,28H,2-4,7,10,19-22H2,1H3,(H,33,34). The van der Waals surface area contributed by atoms with E-state index in [1.54, 1.807) is 0 Å². The molecule has 5 nitrogen and oxygen atoms in total. The van der Waals surface area contributed by atoms with Crippen molar-refractivity contribution < 1.29 is 19.4 Å². The molecule has 3 aromatic carbocycles. The number of hydrogen-bond acceptors (Lipinski definition) is 3. The number of ether oxygens (including phenoxy) is 1. The Morgan fingerprint density at radius 3 is 2.19 bits per heavy atom. The lowest BCUT2D eigenvalue weighted by molar-refractivity contribution is -0.137. The number of carbonyl (C=O) groups is 2. The zero-order valence-corrected chi connectivity index (χ0v) is 21.0. The van der Waals surface area contributed by atoms with Gasteiger partial charge in [-0.15, -0.1) is 0 Å². The van der Waals surface area contributed by atoms with Gasteiger partial charge in [-0.1, -0.05) is 61.5 Å². The Hall–Kier alpha value is -3.60. The van der Waals surface area contributed by atoms with Crippen molar-refractivity contribution in [2.45, 2.75) is 64.5 Å². The Kier molecular flexibility index (Phi) is 8.77. The molecule has 1 aliphatic rings. The first-order valence-corrected chi connectivity index (χ1v) is 13.0. The molecule has 5 heteroatoms. The van der Waals surface area contributed by atoms with Crippen LogP contribution in [0.15, 0.2) is 72.8 Å². The number of amides is 1. The van der Waals surface area contributed by atoms with E-state index >= 15 is 0 Å². The number of carboxylic acids is 1. The first-order valence-electron chi connectivity index (χ1n) is 13.0. The molecule has 188 valence electrons. The Balaban J connectivity index is 1.40. The summed E-state index contributed by atoms with van der Waals surface area (Å²) in [5, 5.41) is 8.77. The van der Waals surface area contributed by atoms with Gasteiger partial charge in [0.15, 0.2) is 0 Å². The molecule has 4 rings (SSSR count). The number of unbranched alkanes of at least 4 members (excludes halogenated alkanes) is 2. The van der Waals surface area contributed by atoms with Crippen LogP contribution in [-0.4, -0.2) is 34.5 Å². The van der Waals surface area contributed by atoms with Crippen LogP contribution in [0.3, 0.4) is 0 Å². The van der Waals surface area contributed by atoms with E-state index in [-0.39, 0.29) is 18.4 Å². The first-order chi connectivity index (χ1) is 17.5. The topological polar surface area (TPSA) is 66.8 Å². The van der Waals surface area contributed by atoms with E-state index < -0.39 is 5.97 Å². The largest absolute Gasteiger partial charge is 0.493 e. The highest BCUT2D eigenvalue weighted by atomic mass is 16.5. The van der Waals surface area contributed by atoms with Crippen LogP contribution >= 0.6 is 0 Å². The van der Waals surface area contributed by atoms with Crippen LogP contribution in [0, 0.1) is 0 Å². The molecule has 0 saturated heterocycles. The molecule has 0 bridgehead atoms. The summed E-state index contributed by atoms with van der Waals surface area (Å²) < 4.78 is 6.03. The third kappa shape index (κ3) is 6.97. The molecule has 3 aromatic rings. The molecule has 0 aromatic heterocycles. The summed E-state index contributed by atoms with van der Waals surface area (Å²) >= 11 is 0. The number of rotatable bonds is 13. The summed E-state index contributed by atoms with van der Waals surface area (Å²) in [6, 6.07) is 24.6. The highest BCUT2D eigenvalue weighted by Gasteiger charge is 2.33. The van der Waals surface area contributed by atoms with Crippen LogP contribution in [0.2, 0.25) is 0 Å². The molecule has 0 aliphatic heterocycles. The summed E-state index contributed by atoms with van der Waals surface area (Å²) in [6.45, 7) is 3.20. The minimum atomic E-state index is -0.758. The van der Waals surface area contributed by atoms with E-state index in [0.717, 1.165) is 54.5 Å². The van der Waals surface area contributed by atoms with Crippen molar-refractivity contribution in [1.82, 2.24) is 4.90 Å². The molecule has 0 spiro atoms. The second-order valence-electron chi connectivity index (χ2n) is 9.45. The maximum Gasteiger partial charge on any atom is 0.303 e. The Labute approximate surface area is 213 Å². The van der Waals surface area contributed by atoms with Crippen molar-refractivity contribution in [3.05, 3.63) is 89.5 Å². The van der Waals surface area contributed by atoms with Gasteiger partial charge in [0, 0.05) is 30.1 Å². The highest BCUT2D eigenvalue weighted by molar-refractivity contribution is 5.95. The molecule has 0 heterocycles. The summed E-state index contributed by atoms with van der Waals surface area (Å²) in [6.07, 6.45) is 5.56. The zero-order chi connectivity index (χ0) is 25.3. The molecule has 1 fully saturated rings. The number of aryl methyl sites for hydroxylation is 1. The van der Waals surface area contributed by atoms with Crippen molar-refractivity contribution in [2.24, 2.45) is 0 Å². The van der Waals surface area contributed by atoms with Gasteiger partial charge >= 0.3 is 5.97 Å². The average molecular weight is 486 g/mol. The number of nitrogens with zero attached hydrogens (tertiary/aromatic N) is 1. The van der Waals surface area contributed by atoms with Crippen molar-refractivity contribution in [2.75, 3.05) is 6.61 Å². The molecule has 36 heavy (non-hydrogen) atoms. The lowest BCUT2D eigenvalue weighted by Gasteiger charge is -2.24. The van der Waals surface area contributed by atoms with Crippen molar-refractivity contribution in [1.29, 1.82) is 0 Å². The van der Waals surface area contributed by atoms with Gasteiger partial charge in [0.1, 0.15) is 5.75 Å². The maximum atomic E-state index is 13.5. The van der Waals surface area contributed by atoms with E-state index in [1.807, 2.05) is 53.4 Å². The summed E-state index contributed by atoms with van der Waals surface area (Å²) in [5.74, 6) is 0.0836. The Morgan fingerprint density at radius 1 is 0.889 bits per heavy atom. The predicted octanol–water partition coefficient (Wildman–Crippen LogP) is 6.74. The number of aliphatic carboxylic acids is 1. The zero-order valence-electron chi connectivity index (χ0n) is 21.0. The van der Waals surface area contributed by atoms with Crippen LogP contribution < -0.4 is 4.74 Å². The summed E-state index contributed by atoms with van der Waals surface area (Å²) in [5.41, 5.74) is 5.27. The van der Waals surface area contributed by atoms with Crippen molar-refractivity contribution in [3.63, 3.8) is 0 Å². The second kappa shape index (κ2) is 12.4. The van der Waals surface area contributed by atoms with Gasteiger partial charge in [-0.25, -0.2) is 0 Å². The van der Waals surface area contributed by atoms with Gasteiger partial charge in [-0.3, -0.25) is 9.59 Å². The van der Waals surface area contributed by atoms with Gasteiger partial charge in [-0.2, -0.15) is 0 Å². The number of carbonyl (C=O) groups excluding carboxylic acids is 1. The minimum absolute atomic E-state index is 0.0499. The van der Waals surface area contributed by atoms with E-state index in [2.05, 4.69) is 31.2 Å². The third-order valence-corrected chi connectivity index (χ3v) is 6.68. The van der Waals surface area contributed by atoms with Crippen LogP contribution in [0.1, 0.15) is 66.9 Å². The van der Waals surface area contributed by atoms with Gasteiger partial charge < -0.3 is 14.7 Å². The van der Waals surface area contributed by atoms with Gasteiger partial charge in [0.05, 0.1) is 6.61 Å². The quantitative estimate of drug-likeness (QED) is 0.272. The molecule has 1 aliphatic carbocycles. The number of hydrogen-bond donors (Lipinski definition) is 1. The van der Waals surface area contributed by atoms with Crippen LogP contribution in [0.5, 0.6) is 5.75 Å². The van der Waals surface area contributed by atoms with Crippen molar-refractivity contribution in [3.8, 4) is 16.9 Å². The normalized spacial score (nSPS) is 12.8. The average Bonchev–Trinajstić information content (AvgIpc) is 3.75. The molecule has 0 unspecified atom stereocenters. The summed E-state index contributed by atoms with van der Waals surface area (Å²) in [7, 11) is 0. The minimum Gasteiger partial charge on any atom is -0.493 e. The van der Waals surface area contributed by atoms with E-state index in [9.17, 15) is 9.59 Å². The number of carboxylic acid groups (broad SMARTS) is 1. The SMILES string of the molecule is CCc1ccc(-c2ccc(C(=O)N(Cc3ccccc3OCCCCCC(=O)O)C3CC3)cc2)cc1. The van der Waals surface area contributed by atoms with Crippen LogP contribution in [0.4, 0.5) is 0 Å². The van der Waals surface area contributed by atoms with Gasteiger partial charge in [0.25, 0.3) is 5.91 Å². The molecule has 1 saturated carbocycles. The Bertz CT molecular complexity index is 1150. The van der Waals surface area contributed by atoms with Crippen LogP contribution in [0.25, 0.3) is 11.1 Å². The van der Waals surface area contributed by atoms with E-state index in [4.69, 9.17) is 9.84 Å². The fourth-order valence-corrected chi connectivity index (χ4v) is 4.35. The summed E-state index contributed by atoms with van der Waals surface area (Å²) in [4.78, 5) is 26.1. The Morgan fingerprint density at radius 2 is 1.56 bits per heavy atom. The van der Waals surface area contributed by atoms with E-state index in [0.29, 0.717) is 25.1 Å². The van der Waals surface area contributed by atoms with E-state index in [1.165, 1.54) is 5.56 Å². The van der Waals surface area contributed by atoms with Crippen molar-refractivity contribution >= 4 is 11.9 Å². The molecule has 0 atom stereocenters. The molecule has 1 amide bonds. The number of para-hydroxylation sites is 1. The maximum absolute atomic E-state index is 13.5. The molecule has 1 N–H and O–H groups in total. The fourth-order valence-electron chi connectivity index (χ4n) is 4.35. The third-order valence-electron chi connectivity index (χ3n) is 6.68. The molecular weight excluding hydrogens is 450 g/mol.